The average molecular weight is 233 g/mol. The molecule has 5 heteroatoms. The van der Waals surface area contributed by atoms with E-state index in [0.717, 1.165) is 0 Å². The average Bonchev–Trinajstić information content (AvgIpc) is 2.28. The number of hydrogen-bond donors (Lipinski definition) is 1. The Hall–Kier alpha value is -0.650. The number of hydrogen-bond acceptors (Lipinski definition) is 5. The Morgan fingerprint density at radius 2 is 2.06 bits per heavy atom. The summed E-state index contributed by atoms with van der Waals surface area (Å²) in [5.74, 6) is -0.305. The van der Waals surface area contributed by atoms with Gasteiger partial charge in [-0.05, 0) is 20.8 Å². The number of nitrogens with one attached hydrogen (secondary N) is 1. The van der Waals surface area contributed by atoms with E-state index in [9.17, 15) is 4.79 Å². The number of carbonyl (C=O) groups excluding carboxylic acids is 1. The second-order valence-corrected chi connectivity index (χ2v) is 3.72. The number of esters is 1. The SMILES string of the molecule is CCOC(=O)C(C)(NCCOC)C(C)OC. The third-order valence-corrected chi connectivity index (χ3v) is 2.66. The van der Waals surface area contributed by atoms with Crippen LogP contribution in [0, 0.1) is 0 Å². The van der Waals surface area contributed by atoms with Crippen molar-refractivity contribution in [2.45, 2.75) is 32.4 Å². The summed E-state index contributed by atoms with van der Waals surface area (Å²) < 4.78 is 15.2. The first-order valence-corrected chi connectivity index (χ1v) is 5.46. The predicted octanol–water partition coefficient (Wildman–Crippen LogP) is 0.579. The van der Waals surface area contributed by atoms with E-state index in [1.165, 1.54) is 0 Å². The van der Waals surface area contributed by atoms with Crippen molar-refractivity contribution in [2.75, 3.05) is 34.0 Å². The molecular formula is C11H23NO4. The summed E-state index contributed by atoms with van der Waals surface area (Å²) in [7, 11) is 3.18. The van der Waals surface area contributed by atoms with Gasteiger partial charge in [0.25, 0.3) is 0 Å². The van der Waals surface area contributed by atoms with Gasteiger partial charge in [-0.15, -0.1) is 0 Å². The maximum absolute atomic E-state index is 11.9. The highest BCUT2D eigenvalue weighted by atomic mass is 16.5. The Morgan fingerprint density at radius 1 is 1.44 bits per heavy atom. The molecule has 0 aromatic heterocycles. The molecule has 1 N–H and O–H groups in total. The van der Waals surface area contributed by atoms with Crippen LogP contribution in [0.4, 0.5) is 0 Å². The van der Waals surface area contributed by atoms with Gasteiger partial charge in [0.2, 0.25) is 0 Å². The van der Waals surface area contributed by atoms with Crippen molar-refractivity contribution in [2.24, 2.45) is 0 Å². The Kier molecular flexibility index (Phi) is 7.29. The summed E-state index contributed by atoms with van der Waals surface area (Å²) in [4.78, 5) is 11.9. The molecule has 0 aliphatic carbocycles. The first-order chi connectivity index (χ1) is 7.52. The van der Waals surface area contributed by atoms with Crippen molar-refractivity contribution in [1.29, 1.82) is 0 Å². The van der Waals surface area contributed by atoms with Crippen LogP contribution in [-0.2, 0) is 19.0 Å². The molecule has 0 saturated carbocycles. The second kappa shape index (κ2) is 7.60. The van der Waals surface area contributed by atoms with E-state index >= 15 is 0 Å². The van der Waals surface area contributed by atoms with E-state index in [-0.39, 0.29) is 12.1 Å². The molecule has 0 aliphatic rings. The lowest BCUT2D eigenvalue weighted by molar-refractivity contribution is -0.156. The van der Waals surface area contributed by atoms with Crippen LogP contribution in [0.3, 0.4) is 0 Å². The molecule has 0 heterocycles. The zero-order valence-electron chi connectivity index (χ0n) is 10.8. The molecule has 2 atom stereocenters. The van der Waals surface area contributed by atoms with Crippen LogP contribution in [0.1, 0.15) is 20.8 Å². The lowest BCUT2D eigenvalue weighted by Gasteiger charge is -2.33. The molecule has 0 bridgehead atoms. The minimum Gasteiger partial charge on any atom is -0.465 e. The van der Waals surface area contributed by atoms with Crippen LogP contribution in [0.5, 0.6) is 0 Å². The van der Waals surface area contributed by atoms with Gasteiger partial charge >= 0.3 is 5.97 Å². The third kappa shape index (κ3) is 4.08. The molecule has 2 unspecified atom stereocenters. The van der Waals surface area contributed by atoms with Crippen molar-refractivity contribution in [3.8, 4) is 0 Å². The topological polar surface area (TPSA) is 56.8 Å². The fourth-order valence-corrected chi connectivity index (χ4v) is 1.31. The normalized spacial score (nSPS) is 16.6. The molecule has 0 aliphatic heterocycles. The van der Waals surface area contributed by atoms with Crippen molar-refractivity contribution < 1.29 is 19.0 Å². The maximum Gasteiger partial charge on any atom is 0.328 e. The summed E-state index contributed by atoms with van der Waals surface area (Å²) in [6.07, 6.45) is -0.275. The molecule has 0 aromatic rings. The van der Waals surface area contributed by atoms with E-state index in [0.29, 0.717) is 19.8 Å². The third-order valence-electron chi connectivity index (χ3n) is 2.66. The fourth-order valence-electron chi connectivity index (χ4n) is 1.31. The number of carbonyl (C=O) groups is 1. The zero-order chi connectivity index (χ0) is 12.6. The molecule has 96 valence electrons. The largest absolute Gasteiger partial charge is 0.465 e. The van der Waals surface area contributed by atoms with Gasteiger partial charge in [-0.25, -0.2) is 4.79 Å². The molecule has 0 rings (SSSR count). The highest BCUT2D eigenvalue weighted by Crippen LogP contribution is 2.15. The predicted molar refractivity (Wildman–Crippen MR) is 61.4 cm³/mol. The van der Waals surface area contributed by atoms with Gasteiger partial charge in [0.1, 0.15) is 5.54 Å². The van der Waals surface area contributed by atoms with Gasteiger partial charge in [0.05, 0.1) is 19.3 Å². The lowest BCUT2D eigenvalue weighted by Crippen LogP contribution is -2.59. The van der Waals surface area contributed by atoms with Gasteiger partial charge in [-0.1, -0.05) is 0 Å². The summed E-state index contributed by atoms with van der Waals surface area (Å²) in [5, 5.41) is 3.11. The van der Waals surface area contributed by atoms with Crippen LogP contribution < -0.4 is 5.32 Å². The van der Waals surface area contributed by atoms with Crippen molar-refractivity contribution in [3.05, 3.63) is 0 Å². The van der Waals surface area contributed by atoms with Gasteiger partial charge in [0.15, 0.2) is 0 Å². The first kappa shape index (κ1) is 15.3. The Bertz CT molecular complexity index is 210. The van der Waals surface area contributed by atoms with Crippen LogP contribution in [0.15, 0.2) is 0 Å². The van der Waals surface area contributed by atoms with Crippen LogP contribution >= 0.6 is 0 Å². The van der Waals surface area contributed by atoms with Gasteiger partial charge in [-0.2, -0.15) is 0 Å². The number of methoxy groups -OCH3 is 2. The fraction of sp³-hybridized carbons (Fsp3) is 0.909. The Balaban J connectivity index is 4.53. The summed E-state index contributed by atoms with van der Waals surface area (Å²) >= 11 is 0. The maximum atomic E-state index is 11.9. The highest BCUT2D eigenvalue weighted by Gasteiger charge is 2.40. The monoisotopic (exact) mass is 233 g/mol. The quantitative estimate of drug-likeness (QED) is 0.491. The van der Waals surface area contributed by atoms with Gasteiger partial charge in [-0.3, -0.25) is 5.32 Å². The van der Waals surface area contributed by atoms with Crippen molar-refractivity contribution in [1.82, 2.24) is 5.32 Å². The zero-order valence-corrected chi connectivity index (χ0v) is 10.8. The van der Waals surface area contributed by atoms with Crippen LogP contribution in [0.2, 0.25) is 0 Å². The van der Waals surface area contributed by atoms with E-state index in [2.05, 4.69) is 5.32 Å². The molecule has 5 nitrogen and oxygen atoms in total. The Morgan fingerprint density at radius 3 is 2.50 bits per heavy atom. The molecule has 0 saturated heterocycles. The summed E-state index contributed by atoms with van der Waals surface area (Å²) in [6.45, 7) is 6.85. The molecule has 0 amide bonds. The molecule has 0 spiro atoms. The minimum atomic E-state index is -0.844. The second-order valence-electron chi connectivity index (χ2n) is 3.72. The number of rotatable bonds is 8. The van der Waals surface area contributed by atoms with Gasteiger partial charge in [0, 0.05) is 20.8 Å². The van der Waals surface area contributed by atoms with Crippen molar-refractivity contribution >= 4 is 5.97 Å². The lowest BCUT2D eigenvalue weighted by atomic mass is 9.95. The summed E-state index contributed by atoms with van der Waals surface area (Å²) in [6, 6.07) is 0. The highest BCUT2D eigenvalue weighted by molar-refractivity contribution is 5.81. The minimum absolute atomic E-state index is 0.275. The molecule has 0 aromatic carbocycles. The first-order valence-electron chi connectivity index (χ1n) is 5.46. The molecule has 0 radical (unpaired) electrons. The summed E-state index contributed by atoms with van der Waals surface area (Å²) in [5.41, 5.74) is -0.844. The Labute approximate surface area is 97.4 Å². The van der Waals surface area contributed by atoms with E-state index in [4.69, 9.17) is 14.2 Å². The van der Waals surface area contributed by atoms with Crippen LogP contribution in [0.25, 0.3) is 0 Å². The van der Waals surface area contributed by atoms with Crippen LogP contribution in [-0.4, -0.2) is 51.6 Å². The van der Waals surface area contributed by atoms with E-state index < -0.39 is 5.54 Å². The smallest absolute Gasteiger partial charge is 0.328 e. The molecular weight excluding hydrogens is 210 g/mol. The molecule has 16 heavy (non-hydrogen) atoms. The molecule has 0 fully saturated rings. The number of ether oxygens (including phenoxy) is 3. The van der Waals surface area contributed by atoms with E-state index in [1.807, 2.05) is 6.92 Å². The van der Waals surface area contributed by atoms with Gasteiger partial charge < -0.3 is 14.2 Å². The van der Waals surface area contributed by atoms with Crippen molar-refractivity contribution in [3.63, 3.8) is 0 Å². The van der Waals surface area contributed by atoms with E-state index in [1.54, 1.807) is 28.1 Å². The standard InChI is InChI=1S/C11H23NO4/c1-6-16-10(13)11(3,9(2)15-5)12-7-8-14-4/h9,12H,6-8H2,1-5H3.